The first-order valence-corrected chi connectivity index (χ1v) is 7.80. The molecule has 24 heavy (non-hydrogen) atoms. The van der Waals surface area contributed by atoms with Crippen molar-refractivity contribution >= 4 is 11.9 Å². The average Bonchev–Trinajstić information content (AvgIpc) is 2.93. The molecule has 1 aliphatic rings. The van der Waals surface area contributed by atoms with E-state index >= 15 is 0 Å². The van der Waals surface area contributed by atoms with Gasteiger partial charge in [-0.2, -0.15) is 0 Å². The smallest absolute Gasteiger partial charge is 0.309 e. The third-order valence-corrected chi connectivity index (χ3v) is 4.40. The molecule has 5 heteroatoms. The number of benzene rings is 2. The van der Waals surface area contributed by atoms with Gasteiger partial charge in [0.1, 0.15) is 5.75 Å². The van der Waals surface area contributed by atoms with Crippen molar-refractivity contribution in [2.75, 3.05) is 7.11 Å². The summed E-state index contributed by atoms with van der Waals surface area (Å²) in [4.78, 5) is 25.7. The van der Waals surface area contributed by atoms with E-state index in [1.165, 1.54) is 0 Å². The molecule has 124 valence electrons. The summed E-state index contributed by atoms with van der Waals surface area (Å²) in [6.45, 7) is 0.403. The Kier molecular flexibility index (Phi) is 4.51. The van der Waals surface area contributed by atoms with Gasteiger partial charge in [0.2, 0.25) is 5.91 Å². The summed E-state index contributed by atoms with van der Waals surface area (Å²) >= 11 is 0. The average molecular weight is 325 g/mol. The Morgan fingerprint density at radius 1 is 1.17 bits per heavy atom. The Morgan fingerprint density at radius 3 is 2.42 bits per heavy atom. The van der Waals surface area contributed by atoms with E-state index in [1.807, 2.05) is 42.5 Å². The standard InChI is InChI=1S/C19H19NO4/c1-24-15-9-7-14(8-10-15)18-16(19(22)23)11-17(21)20(18)12-13-5-3-2-4-6-13/h2-10,16,18H,11-12H2,1H3,(H,22,23)/t16-,18+/m1/s1. The van der Waals surface area contributed by atoms with Crippen LogP contribution in [-0.2, 0) is 16.1 Å². The van der Waals surface area contributed by atoms with Crippen LogP contribution in [0.25, 0.3) is 0 Å². The Balaban J connectivity index is 1.94. The lowest BCUT2D eigenvalue weighted by Crippen LogP contribution is -2.30. The van der Waals surface area contributed by atoms with Gasteiger partial charge < -0.3 is 14.7 Å². The van der Waals surface area contributed by atoms with Gasteiger partial charge in [-0.25, -0.2) is 0 Å². The fraction of sp³-hybridized carbons (Fsp3) is 0.263. The van der Waals surface area contributed by atoms with Crippen molar-refractivity contribution in [3.8, 4) is 5.75 Å². The highest BCUT2D eigenvalue weighted by Crippen LogP contribution is 2.39. The summed E-state index contributed by atoms with van der Waals surface area (Å²) < 4.78 is 5.15. The van der Waals surface area contributed by atoms with Crippen LogP contribution in [0.5, 0.6) is 5.75 Å². The summed E-state index contributed by atoms with van der Waals surface area (Å²) in [6.07, 6.45) is 0.0266. The number of hydrogen-bond donors (Lipinski definition) is 1. The number of methoxy groups -OCH3 is 1. The lowest BCUT2D eigenvalue weighted by atomic mass is 9.93. The molecule has 1 fully saturated rings. The summed E-state index contributed by atoms with van der Waals surface area (Å²) in [6, 6.07) is 16.4. The number of carboxylic acid groups (broad SMARTS) is 1. The lowest BCUT2D eigenvalue weighted by Gasteiger charge is -2.27. The van der Waals surface area contributed by atoms with Gasteiger partial charge in [-0.3, -0.25) is 9.59 Å². The molecule has 3 rings (SSSR count). The van der Waals surface area contributed by atoms with Crippen LogP contribution in [0, 0.1) is 5.92 Å². The molecule has 2 aromatic carbocycles. The maximum atomic E-state index is 12.4. The molecule has 1 aliphatic heterocycles. The van der Waals surface area contributed by atoms with E-state index in [1.54, 1.807) is 24.1 Å². The number of hydrogen-bond acceptors (Lipinski definition) is 3. The quantitative estimate of drug-likeness (QED) is 0.918. The summed E-state index contributed by atoms with van der Waals surface area (Å²) in [5, 5.41) is 9.54. The predicted octanol–water partition coefficient (Wildman–Crippen LogP) is 2.87. The SMILES string of the molecule is COc1ccc([C@H]2[C@H](C(=O)O)CC(=O)N2Cc2ccccc2)cc1. The number of amides is 1. The number of likely N-dealkylation sites (tertiary alicyclic amines) is 1. The molecule has 2 atom stereocenters. The summed E-state index contributed by atoms with van der Waals surface area (Å²) in [5.41, 5.74) is 1.79. The lowest BCUT2D eigenvalue weighted by molar-refractivity contribution is -0.142. The molecule has 1 heterocycles. The molecule has 5 nitrogen and oxygen atoms in total. The zero-order chi connectivity index (χ0) is 17.1. The maximum absolute atomic E-state index is 12.4. The van der Waals surface area contributed by atoms with Crippen LogP contribution in [0.3, 0.4) is 0 Å². The van der Waals surface area contributed by atoms with Crippen molar-refractivity contribution in [2.24, 2.45) is 5.92 Å². The molecule has 0 radical (unpaired) electrons. The van der Waals surface area contributed by atoms with Crippen molar-refractivity contribution in [2.45, 2.75) is 19.0 Å². The fourth-order valence-corrected chi connectivity index (χ4v) is 3.19. The summed E-state index contributed by atoms with van der Waals surface area (Å²) in [5.74, 6) is -1.12. The van der Waals surface area contributed by atoms with E-state index in [9.17, 15) is 14.7 Å². The molecule has 1 amide bonds. The number of carbonyl (C=O) groups is 2. The van der Waals surface area contributed by atoms with Crippen molar-refractivity contribution in [3.63, 3.8) is 0 Å². The third kappa shape index (κ3) is 3.11. The topological polar surface area (TPSA) is 66.8 Å². The van der Waals surface area contributed by atoms with E-state index in [0.717, 1.165) is 11.1 Å². The van der Waals surface area contributed by atoms with Crippen LogP contribution < -0.4 is 4.74 Å². The fourth-order valence-electron chi connectivity index (χ4n) is 3.19. The van der Waals surface area contributed by atoms with Gasteiger partial charge in [0.15, 0.2) is 0 Å². The van der Waals surface area contributed by atoms with E-state index < -0.39 is 17.9 Å². The van der Waals surface area contributed by atoms with Gasteiger partial charge in [0, 0.05) is 13.0 Å². The zero-order valence-corrected chi connectivity index (χ0v) is 13.4. The monoisotopic (exact) mass is 325 g/mol. The second-order valence-corrected chi connectivity index (χ2v) is 5.87. The molecule has 2 aromatic rings. The van der Waals surface area contributed by atoms with Crippen molar-refractivity contribution in [3.05, 3.63) is 65.7 Å². The van der Waals surface area contributed by atoms with Gasteiger partial charge in [0.05, 0.1) is 19.1 Å². The Hall–Kier alpha value is -2.82. The molecule has 0 saturated carbocycles. The number of ether oxygens (including phenoxy) is 1. The number of rotatable bonds is 5. The van der Waals surface area contributed by atoms with Gasteiger partial charge in [-0.05, 0) is 23.3 Å². The Labute approximate surface area is 140 Å². The molecular formula is C19H19NO4. The van der Waals surface area contributed by atoms with Crippen LogP contribution in [0.15, 0.2) is 54.6 Å². The highest BCUT2D eigenvalue weighted by atomic mass is 16.5. The molecule has 0 bridgehead atoms. The number of carboxylic acids is 1. The van der Waals surface area contributed by atoms with E-state index in [4.69, 9.17) is 4.74 Å². The minimum atomic E-state index is -0.945. The molecule has 0 unspecified atom stereocenters. The second-order valence-electron chi connectivity index (χ2n) is 5.87. The highest BCUT2D eigenvalue weighted by molar-refractivity contribution is 5.87. The van der Waals surface area contributed by atoms with Crippen molar-refractivity contribution in [1.29, 1.82) is 0 Å². The molecule has 0 aromatic heterocycles. The van der Waals surface area contributed by atoms with Gasteiger partial charge in [-0.15, -0.1) is 0 Å². The molecule has 0 aliphatic carbocycles. The number of nitrogens with zero attached hydrogens (tertiary/aromatic N) is 1. The first kappa shape index (κ1) is 16.1. The van der Waals surface area contributed by atoms with Crippen molar-refractivity contribution < 1.29 is 19.4 Å². The second kappa shape index (κ2) is 6.74. The van der Waals surface area contributed by atoms with Crippen LogP contribution in [0.4, 0.5) is 0 Å². The van der Waals surface area contributed by atoms with Crippen LogP contribution >= 0.6 is 0 Å². The molecule has 1 saturated heterocycles. The van der Waals surface area contributed by atoms with E-state index in [-0.39, 0.29) is 12.3 Å². The first-order valence-electron chi connectivity index (χ1n) is 7.80. The molecule has 0 spiro atoms. The van der Waals surface area contributed by atoms with E-state index in [2.05, 4.69) is 0 Å². The van der Waals surface area contributed by atoms with Crippen molar-refractivity contribution in [1.82, 2.24) is 4.90 Å². The Morgan fingerprint density at radius 2 is 1.83 bits per heavy atom. The summed E-state index contributed by atoms with van der Waals surface area (Å²) in [7, 11) is 1.58. The Bertz CT molecular complexity index is 727. The molecular weight excluding hydrogens is 306 g/mol. The van der Waals surface area contributed by atoms with Crippen LogP contribution in [-0.4, -0.2) is 29.0 Å². The van der Waals surface area contributed by atoms with Gasteiger partial charge in [0.25, 0.3) is 0 Å². The normalized spacial score (nSPS) is 20.2. The number of aliphatic carboxylic acids is 1. The predicted molar refractivity (Wildman–Crippen MR) is 88.5 cm³/mol. The minimum Gasteiger partial charge on any atom is -0.497 e. The van der Waals surface area contributed by atoms with Crippen LogP contribution in [0.2, 0.25) is 0 Å². The zero-order valence-electron chi connectivity index (χ0n) is 13.4. The number of carbonyl (C=O) groups excluding carboxylic acids is 1. The van der Waals surface area contributed by atoms with E-state index in [0.29, 0.717) is 12.3 Å². The highest BCUT2D eigenvalue weighted by Gasteiger charge is 2.44. The van der Waals surface area contributed by atoms with Crippen LogP contribution in [0.1, 0.15) is 23.6 Å². The third-order valence-electron chi connectivity index (χ3n) is 4.40. The maximum Gasteiger partial charge on any atom is 0.309 e. The van der Waals surface area contributed by atoms with Gasteiger partial charge in [-0.1, -0.05) is 42.5 Å². The molecule has 1 N–H and O–H groups in total. The first-order chi connectivity index (χ1) is 11.6. The largest absolute Gasteiger partial charge is 0.497 e. The van der Waals surface area contributed by atoms with Gasteiger partial charge >= 0.3 is 5.97 Å². The minimum absolute atomic E-state index is 0.0266.